The van der Waals surface area contributed by atoms with Crippen LogP contribution in [0, 0.1) is 0 Å². The zero-order valence-corrected chi connectivity index (χ0v) is 14.1. The largest absolute Gasteiger partial charge is 0.450 e. The molecule has 0 aromatic heterocycles. The monoisotopic (exact) mass is 383 g/mol. The van der Waals surface area contributed by atoms with Crippen molar-refractivity contribution < 1.29 is 32.7 Å². The molecule has 144 valence electrons. The summed E-state index contributed by atoms with van der Waals surface area (Å²) in [7, 11) is 0. The van der Waals surface area contributed by atoms with Gasteiger partial charge >= 0.3 is 18.3 Å². The number of rotatable bonds is 4. The van der Waals surface area contributed by atoms with Gasteiger partial charge in [0.05, 0.1) is 23.5 Å². The number of alkyl carbamates (subject to hydrolysis) is 1. The van der Waals surface area contributed by atoms with Crippen molar-refractivity contribution in [1.82, 2.24) is 5.32 Å². The number of carbonyl (C=O) groups is 2. The molecule has 0 bridgehead atoms. The molecular formula is C17H16F3N3O4. The minimum absolute atomic E-state index is 0.0260. The Balaban J connectivity index is 2.23. The van der Waals surface area contributed by atoms with E-state index in [1.807, 2.05) is 0 Å². The van der Waals surface area contributed by atoms with Gasteiger partial charge in [0.15, 0.2) is 0 Å². The number of nitrogens with one attached hydrogen (secondary N) is 2. The number of anilines is 3. The van der Waals surface area contributed by atoms with Gasteiger partial charge < -0.3 is 10.1 Å². The number of alkyl halides is 3. The summed E-state index contributed by atoms with van der Waals surface area (Å²) in [6.45, 7) is 1.56. The molecule has 0 spiro atoms. The standard InChI is InChI=1S/C17H16F3N3O4/c1-2-27-16(25)22-15(24)23(26)14-9-4-3-8-13(14)21-12-7-5-6-11(10-12)17(18,19)20/h3-10,21,26H,2H2,1H3,(H,22,24,25). The molecule has 0 atom stereocenters. The normalized spacial score (nSPS) is 10.9. The second kappa shape index (κ2) is 8.41. The number of imide groups is 1. The SMILES string of the molecule is CCOC(=O)NC(=O)N(O)c1ccccc1Nc1cccc(C(F)(F)F)c1. The van der Waals surface area contributed by atoms with Gasteiger partial charge in [0.25, 0.3) is 0 Å². The highest BCUT2D eigenvalue weighted by Crippen LogP contribution is 2.33. The maximum atomic E-state index is 12.8. The molecule has 0 saturated carbocycles. The molecule has 0 radical (unpaired) electrons. The van der Waals surface area contributed by atoms with Crippen LogP contribution in [0.15, 0.2) is 48.5 Å². The van der Waals surface area contributed by atoms with E-state index in [0.29, 0.717) is 0 Å². The Morgan fingerprint density at radius 2 is 1.85 bits per heavy atom. The molecule has 3 amide bonds. The molecule has 27 heavy (non-hydrogen) atoms. The number of para-hydroxylation sites is 2. The van der Waals surface area contributed by atoms with Crippen molar-refractivity contribution in [2.45, 2.75) is 13.1 Å². The van der Waals surface area contributed by atoms with Crippen LogP contribution in [-0.4, -0.2) is 23.9 Å². The summed E-state index contributed by atoms with van der Waals surface area (Å²) in [5.41, 5.74) is -0.711. The minimum Gasteiger partial charge on any atom is -0.450 e. The average Bonchev–Trinajstić information content (AvgIpc) is 2.61. The lowest BCUT2D eigenvalue weighted by atomic mass is 10.2. The number of hydroxylamine groups is 1. The van der Waals surface area contributed by atoms with Gasteiger partial charge in [-0.3, -0.25) is 5.21 Å². The van der Waals surface area contributed by atoms with Crippen LogP contribution in [0.5, 0.6) is 0 Å². The number of urea groups is 1. The van der Waals surface area contributed by atoms with E-state index in [-0.39, 0.29) is 28.7 Å². The first kappa shape index (κ1) is 20.0. The number of ether oxygens (including phenoxy) is 1. The van der Waals surface area contributed by atoms with E-state index >= 15 is 0 Å². The summed E-state index contributed by atoms with van der Waals surface area (Å²) in [6.07, 6.45) is -5.57. The van der Waals surface area contributed by atoms with Crippen molar-refractivity contribution in [3.8, 4) is 0 Å². The van der Waals surface area contributed by atoms with Crippen LogP contribution >= 0.6 is 0 Å². The van der Waals surface area contributed by atoms with Crippen LogP contribution in [0.25, 0.3) is 0 Å². The van der Waals surface area contributed by atoms with Gasteiger partial charge in [0, 0.05) is 5.69 Å². The fourth-order valence-corrected chi connectivity index (χ4v) is 2.11. The molecule has 0 aliphatic heterocycles. The third kappa shape index (κ3) is 5.35. The van der Waals surface area contributed by atoms with Crippen molar-refractivity contribution in [3.05, 3.63) is 54.1 Å². The molecule has 0 fully saturated rings. The fraction of sp³-hybridized carbons (Fsp3) is 0.176. The second-order valence-electron chi connectivity index (χ2n) is 5.18. The number of benzene rings is 2. The van der Waals surface area contributed by atoms with Gasteiger partial charge in [-0.05, 0) is 37.3 Å². The van der Waals surface area contributed by atoms with E-state index < -0.39 is 23.9 Å². The highest BCUT2D eigenvalue weighted by molar-refractivity contribution is 6.01. The van der Waals surface area contributed by atoms with Crippen LogP contribution in [0.4, 0.5) is 39.8 Å². The summed E-state index contributed by atoms with van der Waals surface area (Å²) in [5, 5.41) is 14.7. The molecule has 2 aromatic rings. The Morgan fingerprint density at radius 1 is 1.15 bits per heavy atom. The topological polar surface area (TPSA) is 90.9 Å². The third-order valence-electron chi connectivity index (χ3n) is 3.28. The van der Waals surface area contributed by atoms with Crippen LogP contribution < -0.4 is 15.7 Å². The fourth-order valence-electron chi connectivity index (χ4n) is 2.11. The van der Waals surface area contributed by atoms with E-state index in [9.17, 15) is 28.0 Å². The van der Waals surface area contributed by atoms with E-state index in [4.69, 9.17) is 0 Å². The lowest BCUT2D eigenvalue weighted by Gasteiger charge is -2.19. The van der Waals surface area contributed by atoms with Gasteiger partial charge in [-0.1, -0.05) is 18.2 Å². The summed E-state index contributed by atoms with van der Waals surface area (Å²) in [4.78, 5) is 23.2. The first-order valence-electron chi connectivity index (χ1n) is 7.72. The number of halogens is 3. The molecule has 10 heteroatoms. The first-order chi connectivity index (χ1) is 12.7. The number of nitrogens with zero attached hydrogens (tertiary/aromatic N) is 1. The van der Waals surface area contributed by atoms with Gasteiger partial charge in [0.2, 0.25) is 0 Å². The van der Waals surface area contributed by atoms with Crippen LogP contribution in [0.3, 0.4) is 0 Å². The van der Waals surface area contributed by atoms with Crippen LogP contribution in [-0.2, 0) is 10.9 Å². The average molecular weight is 383 g/mol. The van der Waals surface area contributed by atoms with Gasteiger partial charge in [-0.25, -0.2) is 14.9 Å². The second-order valence-corrected chi connectivity index (χ2v) is 5.18. The smallest absolute Gasteiger partial charge is 0.416 e. The van der Waals surface area contributed by atoms with E-state index in [1.54, 1.807) is 11.4 Å². The van der Waals surface area contributed by atoms with Gasteiger partial charge in [0.1, 0.15) is 0 Å². The number of carbonyl (C=O) groups excluding carboxylic acids is 2. The zero-order chi connectivity index (χ0) is 20.0. The predicted molar refractivity (Wildman–Crippen MR) is 91.0 cm³/mol. The minimum atomic E-state index is -4.51. The molecular weight excluding hydrogens is 367 g/mol. The summed E-state index contributed by atoms with van der Waals surface area (Å²) >= 11 is 0. The lowest BCUT2D eigenvalue weighted by molar-refractivity contribution is -0.137. The Kier molecular flexibility index (Phi) is 6.24. The molecule has 3 N–H and O–H groups in total. The summed E-state index contributed by atoms with van der Waals surface area (Å²) < 4.78 is 43.0. The molecule has 0 aliphatic carbocycles. The van der Waals surface area contributed by atoms with Crippen molar-refractivity contribution in [2.75, 3.05) is 17.0 Å². The Bertz CT molecular complexity index is 827. The first-order valence-corrected chi connectivity index (χ1v) is 7.72. The maximum Gasteiger partial charge on any atom is 0.416 e. The van der Waals surface area contributed by atoms with Crippen molar-refractivity contribution in [3.63, 3.8) is 0 Å². The predicted octanol–water partition coefficient (Wildman–Crippen LogP) is 4.51. The molecule has 7 nitrogen and oxygen atoms in total. The van der Waals surface area contributed by atoms with E-state index in [0.717, 1.165) is 12.1 Å². The Morgan fingerprint density at radius 3 is 2.52 bits per heavy atom. The van der Waals surface area contributed by atoms with Crippen LogP contribution in [0.1, 0.15) is 12.5 Å². The highest BCUT2D eigenvalue weighted by atomic mass is 19.4. The van der Waals surface area contributed by atoms with Crippen molar-refractivity contribution in [2.24, 2.45) is 0 Å². The van der Waals surface area contributed by atoms with E-state index in [1.165, 1.54) is 37.3 Å². The van der Waals surface area contributed by atoms with Gasteiger partial charge in [-0.2, -0.15) is 18.2 Å². The highest BCUT2D eigenvalue weighted by Gasteiger charge is 2.30. The Labute approximate surface area is 152 Å². The van der Waals surface area contributed by atoms with Gasteiger partial charge in [-0.15, -0.1) is 0 Å². The maximum absolute atomic E-state index is 12.8. The molecule has 2 rings (SSSR count). The summed E-state index contributed by atoms with van der Waals surface area (Å²) in [6, 6.07) is 9.05. The molecule has 2 aromatic carbocycles. The summed E-state index contributed by atoms with van der Waals surface area (Å²) in [5.74, 6) is 0. The third-order valence-corrected chi connectivity index (χ3v) is 3.28. The van der Waals surface area contributed by atoms with Crippen LogP contribution in [0.2, 0.25) is 0 Å². The molecule has 0 aliphatic rings. The number of hydrogen-bond donors (Lipinski definition) is 3. The quantitative estimate of drug-likeness (QED) is 0.534. The number of hydrogen-bond acceptors (Lipinski definition) is 5. The molecule has 0 saturated heterocycles. The lowest BCUT2D eigenvalue weighted by Crippen LogP contribution is -2.41. The van der Waals surface area contributed by atoms with Crippen molar-refractivity contribution >= 4 is 29.2 Å². The van der Waals surface area contributed by atoms with E-state index in [2.05, 4.69) is 10.1 Å². The zero-order valence-electron chi connectivity index (χ0n) is 14.1. The number of amides is 3. The Hall–Kier alpha value is -3.27. The van der Waals surface area contributed by atoms with Crippen molar-refractivity contribution in [1.29, 1.82) is 0 Å². The molecule has 0 unspecified atom stereocenters. The molecule has 0 heterocycles.